The topological polar surface area (TPSA) is 53.5 Å². The number of hydrogen-bond donors (Lipinski definition) is 1. The maximum Gasteiger partial charge on any atom is 0.318 e. The molecule has 1 aliphatic heterocycles. The normalized spacial score (nSPS) is 16.3. The van der Waals surface area contributed by atoms with E-state index in [4.69, 9.17) is 4.74 Å². The number of benzene rings is 1. The van der Waals surface area contributed by atoms with Crippen molar-refractivity contribution < 1.29 is 4.74 Å². The lowest BCUT2D eigenvalue weighted by atomic mass is 9.94. The first-order valence-corrected chi connectivity index (χ1v) is 9.71. The first-order valence-electron chi connectivity index (χ1n) is 9.71. The first-order chi connectivity index (χ1) is 13.9. The number of anilines is 2. The Morgan fingerprint density at radius 3 is 2.69 bits per heavy atom. The highest BCUT2D eigenvalue weighted by Gasteiger charge is 2.26. The third kappa shape index (κ3) is 4.62. The Kier molecular flexibility index (Phi) is 6.27. The zero-order chi connectivity index (χ0) is 21.0. The summed E-state index contributed by atoms with van der Waals surface area (Å²) in [4.78, 5) is 13.6. The third-order valence-corrected chi connectivity index (χ3v) is 5.18. The Labute approximate surface area is 174 Å². The zero-order valence-electron chi connectivity index (χ0n) is 17.5. The van der Waals surface area contributed by atoms with Crippen molar-refractivity contribution in [2.45, 2.75) is 13.0 Å². The molecular weight excluding hydrogens is 361 g/mol. The fourth-order valence-corrected chi connectivity index (χ4v) is 3.43. The van der Waals surface area contributed by atoms with Gasteiger partial charge in [0.2, 0.25) is 0 Å². The summed E-state index contributed by atoms with van der Waals surface area (Å²) in [5.41, 5.74) is 4.50. The molecule has 1 saturated heterocycles. The second-order valence-corrected chi connectivity index (χ2v) is 7.20. The van der Waals surface area contributed by atoms with Crippen molar-refractivity contribution in [2.75, 3.05) is 37.0 Å². The fourth-order valence-electron chi connectivity index (χ4n) is 3.43. The van der Waals surface area contributed by atoms with Gasteiger partial charge in [-0.05, 0) is 19.1 Å². The van der Waals surface area contributed by atoms with E-state index in [2.05, 4.69) is 65.7 Å². The predicted octanol–water partition coefficient (Wildman–Crippen LogP) is 2.04. The number of nitrogens with zero attached hydrogens (tertiary/aromatic N) is 4. The number of nitrogens with one attached hydrogen (secondary N) is 1. The van der Waals surface area contributed by atoms with Crippen molar-refractivity contribution in [3.8, 4) is 6.01 Å². The van der Waals surface area contributed by atoms with E-state index in [0.717, 1.165) is 42.3 Å². The average molecular weight is 389 g/mol. The van der Waals surface area contributed by atoms with Gasteiger partial charge in [-0.2, -0.15) is 9.97 Å². The molecule has 0 saturated carbocycles. The molecule has 0 bridgehead atoms. The van der Waals surface area contributed by atoms with Gasteiger partial charge < -0.3 is 19.9 Å². The lowest BCUT2D eigenvalue weighted by molar-refractivity contribution is 0.290. The van der Waals surface area contributed by atoms with Crippen LogP contribution in [0.5, 0.6) is 6.01 Å². The largest absolute Gasteiger partial charge is 0.467 e. The lowest BCUT2D eigenvalue weighted by Crippen LogP contribution is -2.51. The molecule has 1 fully saturated rings. The summed E-state index contributed by atoms with van der Waals surface area (Å²) in [7, 11) is 3.63. The number of piperazine rings is 1. The highest BCUT2D eigenvalue weighted by atomic mass is 16.5. The van der Waals surface area contributed by atoms with E-state index in [9.17, 15) is 0 Å². The van der Waals surface area contributed by atoms with E-state index in [-0.39, 0.29) is 6.04 Å². The molecule has 1 aliphatic rings. The summed E-state index contributed by atoms with van der Waals surface area (Å²) in [5.74, 6) is 0.830. The zero-order valence-corrected chi connectivity index (χ0v) is 17.5. The highest BCUT2D eigenvalue weighted by molar-refractivity contribution is 6.36. The second kappa shape index (κ2) is 8.86. The second-order valence-electron chi connectivity index (χ2n) is 7.20. The molecule has 0 aliphatic carbocycles. The minimum Gasteiger partial charge on any atom is -0.467 e. The van der Waals surface area contributed by atoms with E-state index in [1.807, 2.05) is 24.3 Å². The third-order valence-electron chi connectivity index (χ3n) is 5.18. The molecule has 0 radical (unpaired) electrons. The summed E-state index contributed by atoms with van der Waals surface area (Å²) in [6, 6.07) is 10.6. The molecule has 1 unspecified atom stereocenters. The predicted molar refractivity (Wildman–Crippen MR) is 124 cm³/mol. The molecule has 1 aromatic heterocycles. The number of para-hydroxylation sites is 1. The van der Waals surface area contributed by atoms with E-state index in [1.165, 1.54) is 0 Å². The highest BCUT2D eigenvalue weighted by Crippen LogP contribution is 2.25. The molecule has 29 heavy (non-hydrogen) atoms. The van der Waals surface area contributed by atoms with Gasteiger partial charge in [0.15, 0.2) is 0 Å². The number of hydrogen-bond acceptors (Lipinski definition) is 6. The molecule has 1 atom stereocenters. The quantitative estimate of drug-likeness (QED) is 0.578. The van der Waals surface area contributed by atoms with Crippen molar-refractivity contribution in [1.29, 1.82) is 0 Å². The minimum absolute atomic E-state index is 0.255. The van der Waals surface area contributed by atoms with Gasteiger partial charge in [-0.1, -0.05) is 43.4 Å². The average Bonchev–Trinajstić information content (AvgIpc) is 2.74. The first kappa shape index (κ1) is 20.5. The van der Waals surface area contributed by atoms with Gasteiger partial charge in [0, 0.05) is 43.1 Å². The van der Waals surface area contributed by atoms with E-state index < -0.39 is 0 Å². The van der Waals surface area contributed by atoms with Crippen LogP contribution in [0.4, 0.5) is 11.5 Å². The maximum absolute atomic E-state index is 5.37. The minimum atomic E-state index is 0.255. The van der Waals surface area contributed by atoms with Crippen LogP contribution < -0.4 is 20.4 Å². The van der Waals surface area contributed by atoms with Gasteiger partial charge >= 0.3 is 6.01 Å². The number of rotatable bonds is 7. The summed E-state index contributed by atoms with van der Waals surface area (Å²) in [6.45, 7) is 16.8. The van der Waals surface area contributed by atoms with Crippen molar-refractivity contribution in [3.63, 3.8) is 0 Å². The smallest absolute Gasteiger partial charge is 0.318 e. The van der Waals surface area contributed by atoms with Crippen molar-refractivity contribution >= 4 is 30.5 Å². The number of allylic oxidation sites excluding steroid dienone is 1. The van der Waals surface area contributed by atoms with E-state index in [1.54, 1.807) is 13.2 Å². The molecule has 7 heteroatoms. The van der Waals surface area contributed by atoms with Crippen LogP contribution in [0.3, 0.4) is 0 Å². The molecule has 1 N–H and O–H groups in total. The van der Waals surface area contributed by atoms with Crippen LogP contribution in [0.1, 0.15) is 12.6 Å². The van der Waals surface area contributed by atoms with Crippen LogP contribution in [-0.4, -0.2) is 55.5 Å². The Morgan fingerprint density at radius 1 is 1.28 bits per heavy atom. The molecule has 3 rings (SSSR count). The van der Waals surface area contributed by atoms with Crippen LogP contribution in [0, 0.1) is 0 Å². The van der Waals surface area contributed by atoms with E-state index in [0.29, 0.717) is 17.4 Å². The van der Waals surface area contributed by atoms with Crippen LogP contribution in [0.25, 0.3) is 5.70 Å². The Morgan fingerprint density at radius 2 is 2.03 bits per heavy atom. The van der Waals surface area contributed by atoms with Gasteiger partial charge in [-0.15, -0.1) is 0 Å². The Bertz CT molecular complexity index is 929. The van der Waals surface area contributed by atoms with Gasteiger partial charge in [0.05, 0.1) is 18.5 Å². The number of aromatic nitrogens is 2. The van der Waals surface area contributed by atoms with Crippen LogP contribution in [-0.2, 0) is 0 Å². The van der Waals surface area contributed by atoms with Crippen molar-refractivity contribution in [2.24, 2.45) is 0 Å². The molecule has 2 aromatic rings. The van der Waals surface area contributed by atoms with Crippen LogP contribution >= 0.6 is 0 Å². The fraction of sp³-hybridized carbons (Fsp3) is 0.273. The van der Waals surface area contributed by atoms with Crippen LogP contribution in [0.2, 0.25) is 0 Å². The molecule has 6 nitrogen and oxygen atoms in total. The van der Waals surface area contributed by atoms with Crippen LogP contribution in [0.15, 0.2) is 61.8 Å². The molecule has 150 valence electrons. The van der Waals surface area contributed by atoms with Crippen molar-refractivity contribution in [1.82, 2.24) is 14.9 Å². The van der Waals surface area contributed by atoms with Gasteiger partial charge in [0.1, 0.15) is 13.7 Å². The van der Waals surface area contributed by atoms with Crippen molar-refractivity contribution in [3.05, 3.63) is 67.5 Å². The number of methoxy groups -OCH3 is 1. The maximum atomic E-state index is 5.37. The lowest BCUT2D eigenvalue weighted by Gasteiger charge is -2.41. The summed E-state index contributed by atoms with van der Waals surface area (Å²) < 4.78 is 5.37. The Balaban J connectivity index is 1.84. The number of ether oxygens (including phenoxy) is 1. The standard InChI is InChI=1S/C22H28BN5O/c1-6-15(2)27-11-12-28(16(3)14-27)21-13-20(25-22(26-21)29-5)17(4)24-19-10-8-7-9-18(19)23/h6-10,13,16,24H,1-2,4,11-12,14,23H2,3,5H3. The summed E-state index contributed by atoms with van der Waals surface area (Å²) >= 11 is 0. The molecule has 1 aromatic carbocycles. The molecule has 2 heterocycles. The monoisotopic (exact) mass is 389 g/mol. The van der Waals surface area contributed by atoms with Gasteiger partial charge in [-0.3, -0.25) is 0 Å². The molecule has 0 amide bonds. The molecule has 0 spiro atoms. The van der Waals surface area contributed by atoms with Gasteiger partial charge in [-0.25, -0.2) is 0 Å². The summed E-state index contributed by atoms with van der Waals surface area (Å²) in [6.07, 6.45) is 1.80. The molecular formula is C22H28BN5O. The van der Waals surface area contributed by atoms with E-state index >= 15 is 0 Å². The summed E-state index contributed by atoms with van der Waals surface area (Å²) in [5, 5.41) is 3.36. The SMILES string of the molecule is Bc1ccccc1NC(=C)c1cc(N2CCN(C(=C)C=C)CC2C)nc(OC)n1. The Hall–Kier alpha value is -3.22. The van der Waals surface area contributed by atoms with Gasteiger partial charge in [0.25, 0.3) is 0 Å².